The summed E-state index contributed by atoms with van der Waals surface area (Å²) >= 11 is 0. The summed E-state index contributed by atoms with van der Waals surface area (Å²) in [5, 5.41) is 0. The number of hydrogen-bond acceptors (Lipinski definition) is 4. The molecule has 4 heteroatoms. The molecule has 0 bridgehead atoms. The van der Waals surface area contributed by atoms with E-state index in [0.717, 1.165) is 45.0 Å². The van der Waals surface area contributed by atoms with Gasteiger partial charge in [0, 0.05) is 34.9 Å². The molecule has 4 aromatic rings. The van der Waals surface area contributed by atoms with Crippen LogP contribution in [0, 0.1) is 0 Å². The predicted octanol–water partition coefficient (Wildman–Crippen LogP) is 4.64. The van der Waals surface area contributed by atoms with E-state index < -0.39 is 0 Å². The van der Waals surface area contributed by atoms with E-state index in [0.29, 0.717) is 0 Å². The second kappa shape index (κ2) is 6.69. The van der Waals surface area contributed by atoms with E-state index in [-0.39, 0.29) is 0 Å². The highest BCUT2D eigenvalue weighted by molar-refractivity contribution is 5.69. The molecule has 2 heterocycles. The number of nitrogen functional groups attached to an aromatic ring is 2. The second-order valence-corrected chi connectivity index (χ2v) is 6.11. The molecule has 0 radical (unpaired) electrons. The molecule has 0 saturated carbocycles. The van der Waals surface area contributed by atoms with E-state index in [1.165, 1.54) is 0 Å². The first-order chi connectivity index (χ1) is 12.7. The minimum Gasteiger partial charge on any atom is -0.399 e. The van der Waals surface area contributed by atoms with Crippen LogP contribution in [0.25, 0.3) is 33.6 Å². The van der Waals surface area contributed by atoms with Crippen LogP contribution in [0.2, 0.25) is 0 Å². The van der Waals surface area contributed by atoms with Crippen LogP contribution >= 0.6 is 0 Å². The third kappa shape index (κ3) is 3.26. The quantitative estimate of drug-likeness (QED) is 0.533. The van der Waals surface area contributed by atoms with Gasteiger partial charge in [-0.15, -0.1) is 0 Å². The van der Waals surface area contributed by atoms with Crippen LogP contribution in [0.15, 0.2) is 85.2 Å². The van der Waals surface area contributed by atoms with Crippen molar-refractivity contribution in [3.05, 3.63) is 85.2 Å². The highest BCUT2D eigenvalue weighted by Gasteiger charge is 2.04. The van der Waals surface area contributed by atoms with Crippen molar-refractivity contribution >= 4 is 11.4 Å². The van der Waals surface area contributed by atoms with Gasteiger partial charge >= 0.3 is 0 Å². The Morgan fingerprint density at radius 2 is 0.769 bits per heavy atom. The summed E-state index contributed by atoms with van der Waals surface area (Å²) in [6.07, 6.45) is 3.72. The Balaban J connectivity index is 1.57. The van der Waals surface area contributed by atoms with Gasteiger partial charge in [0.05, 0.1) is 11.4 Å². The summed E-state index contributed by atoms with van der Waals surface area (Å²) in [7, 11) is 0. The van der Waals surface area contributed by atoms with Crippen molar-refractivity contribution < 1.29 is 0 Å². The summed E-state index contributed by atoms with van der Waals surface area (Å²) in [6, 6.07) is 23.6. The van der Waals surface area contributed by atoms with Crippen LogP contribution in [-0.2, 0) is 0 Å². The van der Waals surface area contributed by atoms with Crippen LogP contribution in [0.1, 0.15) is 0 Å². The van der Waals surface area contributed by atoms with Gasteiger partial charge in [-0.2, -0.15) is 0 Å². The summed E-state index contributed by atoms with van der Waals surface area (Å²) in [6.45, 7) is 0. The Bertz CT molecular complexity index is 917. The summed E-state index contributed by atoms with van der Waals surface area (Å²) in [5.74, 6) is 0. The molecule has 0 atom stereocenters. The van der Waals surface area contributed by atoms with Gasteiger partial charge in [0.1, 0.15) is 0 Å². The zero-order valence-electron chi connectivity index (χ0n) is 14.1. The molecule has 0 aliphatic heterocycles. The molecule has 26 heavy (non-hydrogen) atoms. The molecule has 126 valence electrons. The number of rotatable bonds is 3. The van der Waals surface area contributed by atoms with E-state index in [1.807, 2.05) is 85.2 Å². The van der Waals surface area contributed by atoms with Gasteiger partial charge in [0.2, 0.25) is 0 Å². The fraction of sp³-hybridized carbons (Fsp3) is 0. The number of hydrogen-bond donors (Lipinski definition) is 2. The van der Waals surface area contributed by atoms with Crippen LogP contribution in [0.5, 0.6) is 0 Å². The van der Waals surface area contributed by atoms with Crippen molar-refractivity contribution in [1.82, 2.24) is 9.97 Å². The highest BCUT2D eigenvalue weighted by Crippen LogP contribution is 2.25. The average molecular weight is 338 g/mol. The van der Waals surface area contributed by atoms with Gasteiger partial charge in [0.15, 0.2) is 0 Å². The lowest BCUT2D eigenvalue weighted by atomic mass is 10.1. The van der Waals surface area contributed by atoms with Gasteiger partial charge in [-0.3, -0.25) is 9.97 Å². The third-order valence-electron chi connectivity index (χ3n) is 4.28. The Morgan fingerprint density at radius 1 is 0.423 bits per heavy atom. The zero-order valence-corrected chi connectivity index (χ0v) is 14.1. The molecule has 0 aliphatic carbocycles. The molecular weight excluding hydrogens is 320 g/mol. The number of nitrogens with two attached hydrogens (primary N) is 2. The molecule has 0 unspecified atom stereocenters. The number of anilines is 2. The number of nitrogens with zero attached hydrogens (tertiary/aromatic N) is 2. The van der Waals surface area contributed by atoms with Crippen LogP contribution in [-0.4, -0.2) is 9.97 Å². The van der Waals surface area contributed by atoms with Crippen LogP contribution in [0.4, 0.5) is 11.4 Å². The Labute approximate surface area is 152 Å². The molecule has 4 N–H and O–H groups in total. The Morgan fingerprint density at radius 3 is 1.08 bits per heavy atom. The molecule has 0 saturated heterocycles. The average Bonchev–Trinajstić information content (AvgIpc) is 2.70. The molecule has 2 aromatic carbocycles. The number of pyridine rings is 2. The van der Waals surface area contributed by atoms with E-state index in [1.54, 1.807) is 0 Å². The summed E-state index contributed by atoms with van der Waals surface area (Å²) < 4.78 is 0. The van der Waals surface area contributed by atoms with Crippen molar-refractivity contribution in [2.24, 2.45) is 0 Å². The van der Waals surface area contributed by atoms with E-state index in [9.17, 15) is 0 Å². The maximum atomic E-state index is 5.74. The monoisotopic (exact) mass is 338 g/mol. The van der Waals surface area contributed by atoms with E-state index in [2.05, 4.69) is 9.97 Å². The standard InChI is InChI=1S/C22H18N4/c23-19-7-1-15(2-8-19)17-5-11-21(25-13-17)22-12-6-18(14-26-22)16-3-9-20(24)10-4-16/h1-14H,23-24H2. The van der Waals surface area contributed by atoms with Gasteiger partial charge in [-0.25, -0.2) is 0 Å². The fourth-order valence-electron chi connectivity index (χ4n) is 2.78. The summed E-state index contributed by atoms with van der Waals surface area (Å²) in [5.41, 5.74) is 18.9. The van der Waals surface area contributed by atoms with Gasteiger partial charge in [-0.1, -0.05) is 36.4 Å². The smallest absolute Gasteiger partial charge is 0.0886 e. The molecule has 4 rings (SSSR count). The Hall–Kier alpha value is -3.66. The van der Waals surface area contributed by atoms with E-state index >= 15 is 0 Å². The second-order valence-electron chi connectivity index (χ2n) is 6.11. The molecule has 0 spiro atoms. The van der Waals surface area contributed by atoms with Crippen LogP contribution in [0.3, 0.4) is 0 Å². The molecular formula is C22H18N4. The minimum atomic E-state index is 0.753. The van der Waals surface area contributed by atoms with Gasteiger partial charge in [0.25, 0.3) is 0 Å². The number of benzene rings is 2. The molecule has 0 fully saturated rings. The van der Waals surface area contributed by atoms with Crippen molar-refractivity contribution in [2.45, 2.75) is 0 Å². The molecule has 0 aliphatic rings. The largest absolute Gasteiger partial charge is 0.399 e. The lowest BCUT2D eigenvalue weighted by molar-refractivity contribution is 1.25. The van der Waals surface area contributed by atoms with Gasteiger partial charge < -0.3 is 11.5 Å². The molecule has 2 aromatic heterocycles. The van der Waals surface area contributed by atoms with Crippen LogP contribution < -0.4 is 11.5 Å². The molecule has 4 nitrogen and oxygen atoms in total. The maximum Gasteiger partial charge on any atom is 0.0886 e. The Kier molecular flexibility index (Phi) is 4.07. The SMILES string of the molecule is Nc1ccc(-c2ccc(-c3ccc(-c4ccc(N)cc4)cn3)nc2)cc1. The first-order valence-corrected chi connectivity index (χ1v) is 8.33. The maximum absolute atomic E-state index is 5.74. The topological polar surface area (TPSA) is 77.8 Å². The lowest BCUT2D eigenvalue weighted by Gasteiger charge is -2.06. The van der Waals surface area contributed by atoms with Crippen molar-refractivity contribution in [3.63, 3.8) is 0 Å². The molecule has 0 amide bonds. The van der Waals surface area contributed by atoms with E-state index in [4.69, 9.17) is 11.5 Å². The zero-order chi connectivity index (χ0) is 17.9. The minimum absolute atomic E-state index is 0.753. The fourth-order valence-corrected chi connectivity index (χ4v) is 2.78. The lowest BCUT2D eigenvalue weighted by Crippen LogP contribution is -1.90. The highest BCUT2D eigenvalue weighted by atomic mass is 14.8. The van der Waals surface area contributed by atoms with Crippen molar-refractivity contribution in [1.29, 1.82) is 0 Å². The first kappa shape index (κ1) is 15.8. The van der Waals surface area contributed by atoms with Gasteiger partial charge in [-0.05, 0) is 47.5 Å². The predicted molar refractivity (Wildman–Crippen MR) is 107 cm³/mol. The normalized spacial score (nSPS) is 10.6. The van der Waals surface area contributed by atoms with Crippen molar-refractivity contribution in [2.75, 3.05) is 11.5 Å². The third-order valence-corrected chi connectivity index (χ3v) is 4.28. The van der Waals surface area contributed by atoms with Crippen molar-refractivity contribution in [3.8, 4) is 33.6 Å². The first-order valence-electron chi connectivity index (χ1n) is 8.33. The summed E-state index contributed by atoms with van der Waals surface area (Å²) in [4.78, 5) is 9.10. The number of aromatic nitrogens is 2.